The summed E-state index contributed by atoms with van der Waals surface area (Å²) in [4.78, 5) is 13.3. The number of rotatable bonds is 3. The molecule has 0 amide bonds. The van der Waals surface area contributed by atoms with E-state index < -0.39 is 0 Å². The normalized spacial score (nSPS) is 8.56. The standard InChI is InChI=1S/C12H11N3O/c1-10-6-11(8-12(7-10)9-16)4-2-3-5-14-15-13/h6-9H,3,5H2,1H3. The van der Waals surface area contributed by atoms with Crippen LogP contribution in [0.25, 0.3) is 10.4 Å². The lowest BCUT2D eigenvalue weighted by Crippen LogP contribution is -1.85. The summed E-state index contributed by atoms with van der Waals surface area (Å²) >= 11 is 0. The number of benzene rings is 1. The third-order valence-electron chi connectivity index (χ3n) is 1.87. The van der Waals surface area contributed by atoms with Gasteiger partial charge in [-0.25, -0.2) is 0 Å². The van der Waals surface area contributed by atoms with E-state index in [0.717, 1.165) is 17.4 Å². The molecule has 16 heavy (non-hydrogen) atoms. The van der Waals surface area contributed by atoms with Crippen LogP contribution in [0.3, 0.4) is 0 Å². The lowest BCUT2D eigenvalue weighted by atomic mass is 10.1. The fourth-order valence-electron chi connectivity index (χ4n) is 1.27. The molecule has 1 aromatic rings. The van der Waals surface area contributed by atoms with Crippen LogP contribution in [0.4, 0.5) is 0 Å². The van der Waals surface area contributed by atoms with Crippen molar-refractivity contribution in [2.24, 2.45) is 5.11 Å². The Balaban J connectivity index is 2.76. The molecule has 0 unspecified atom stereocenters. The summed E-state index contributed by atoms with van der Waals surface area (Å²) < 4.78 is 0. The van der Waals surface area contributed by atoms with Crippen LogP contribution in [0.5, 0.6) is 0 Å². The predicted octanol–water partition coefficient (Wildman–Crippen LogP) is 2.86. The fourth-order valence-corrected chi connectivity index (χ4v) is 1.27. The Labute approximate surface area is 93.9 Å². The van der Waals surface area contributed by atoms with Gasteiger partial charge in [0.15, 0.2) is 0 Å². The second-order valence-electron chi connectivity index (χ2n) is 3.26. The molecule has 0 spiro atoms. The van der Waals surface area contributed by atoms with Crippen molar-refractivity contribution in [3.8, 4) is 11.8 Å². The third kappa shape index (κ3) is 3.87. The molecule has 0 heterocycles. The van der Waals surface area contributed by atoms with Gasteiger partial charge in [-0.2, -0.15) is 0 Å². The Morgan fingerprint density at radius 1 is 1.50 bits per heavy atom. The van der Waals surface area contributed by atoms with E-state index in [2.05, 4.69) is 21.9 Å². The van der Waals surface area contributed by atoms with Gasteiger partial charge in [-0.3, -0.25) is 4.79 Å². The Morgan fingerprint density at radius 2 is 2.31 bits per heavy atom. The number of azide groups is 1. The molecule has 0 bridgehead atoms. The molecule has 0 aliphatic heterocycles. The number of aldehydes is 1. The van der Waals surface area contributed by atoms with Crippen molar-refractivity contribution in [2.75, 3.05) is 6.54 Å². The maximum Gasteiger partial charge on any atom is 0.150 e. The molecule has 0 fully saturated rings. The molecule has 0 radical (unpaired) electrons. The van der Waals surface area contributed by atoms with Crippen molar-refractivity contribution in [1.82, 2.24) is 0 Å². The average Bonchev–Trinajstić information content (AvgIpc) is 2.28. The second kappa shape index (κ2) is 6.28. The second-order valence-corrected chi connectivity index (χ2v) is 3.26. The lowest BCUT2D eigenvalue weighted by Gasteiger charge is -1.96. The zero-order valence-corrected chi connectivity index (χ0v) is 8.97. The number of nitrogens with zero attached hydrogens (tertiary/aromatic N) is 3. The molecule has 0 N–H and O–H groups in total. The molecule has 0 aromatic heterocycles. The van der Waals surface area contributed by atoms with Crippen LogP contribution < -0.4 is 0 Å². The molecule has 0 atom stereocenters. The minimum Gasteiger partial charge on any atom is -0.298 e. The summed E-state index contributed by atoms with van der Waals surface area (Å²) in [5.74, 6) is 5.81. The Kier molecular flexibility index (Phi) is 4.65. The Bertz CT molecular complexity index is 491. The van der Waals surface area contributed by atoms with Crippen molar-refractivity contribution in [3.05, 3.63) is 45.3 Å². The molecule has 4 nitrogen and oxygen atoms in total. The van der Waals surface area contributed by atoms with E-state index in [1.165, 1.54) is 0 Å². The highest BCUT2D eigenvalue weighted by atomic mass is 16.1. The van der Waals surface area contributed by atoms with Crippen LogP contribution in [-0.4, -0.2) is 12.8 Å². The quantitative estimate of drug-likeness (QED) is 0.190. The van der Waals surface area contributed by atoms with Gasteiger partial charge in [0, 0.05) is 29.0 Å². The van der Waals surface area contributed by atoms with Crippen LogP contribution in [0.1, 0.15) is 27.9 Å². The maximum absolute atomic E-state index is 10.6. The van der Waals surface area contributed by atoms with Crippen LogP contribution in [0.2, 0.25) is 0 Å². The van der Waals surface area contributed by atoms with Crippen molar-refractivity contribution < 1.29 is 4.79 Å². The van der Waals surface area contributed by atoms with Crippen LogP contribution in [-0.2, 0) is 0 Å². The molecule has 1 rings (SSSR count). The van der Waals surface area contributed by atoms with Crippen molar-refractivity contribution in [3.63, 3.8) is 0 Å². The summed E-state index contributed by atoms with van der Waals surface area (Å²) in [7, 11) is 0. The van der Waals surface area contributed by atoms with Gasteiger partial charge in [0.25, 0.3) is 0 Å². The minimum absolute atomic E-state index is 0.371. The van der Waals surface area contributed by atoms with Gasteiger partial charge in [0.1, 0.15) is 6.29 Å². The van der Waals surface area contributed by atoms with Crippen LogP contribution >= 0.6 is 0 Å². The first-order chi connectivity index (χ1) is 7.76. The smallest absolute Gasteiger partial charge is 0.150 e. The maximum atomic E-state index is 10.6. The highest BCUT2D eigenvalue weighted by Gasteiger charge is 1.94. The lowest BCUT2D eigenvalue weighted by molar-refractivity contribution is 0.112. The van der Waals surface area contributed by atoms with Gasteiger partial charge < -0.3 is 0 Å². The zero-order valence-electron chi connectivity index (χ0n) is 8.97. The molecular weight excluding hydrogens is 202 g/mol. The van der Waals surface area contributed by atoms with Gasteiger partial charge in [-0.1, -0.05) is 17.0 Å². The molecule has 1 aromatic carbocycles. The molecule has 0 aliphatic carbocycles. The summed E-state index contributed by atoms with van der Waals surface area (Å²) in [6.45, 7) is 2.29. The Hall–Kier alpha value is -2.24. The summed E-state index contributed by atoms with van der Waals surface area (Å²) in [6.07, 6.45) is 1.33. The van der Waals surface area contributed by atoms with Gasteiger partial charge in [0.2, 0.25) is 0 Å². The van der Waals surface area contributed by atoms with Gasteiger partial charge in [-0.15, -0.1) is 0 Å². The van der Waals surface area contributed by atoms with E-state index in [4.69, 9.17) is 5.53 Å². The van der Waals surface area contributed by atoms with E-state index in [9.17, 15) is 4.79 Å². The van der Waals surface area contributed by atoms with E-state index >= 15 is 0 Å². The van der Waals surface area contributed by atoms with E-state index in [-0.39, 0.29) is 0 Å². The topological polar surface area (TPSA) is 65.8 Å². The van der Waals surface area contributed by atoms with Gasteiger partial charge in [0.05, 0.1) is 0 Å². The SMILES string of the molecule is Cc1cc(C#CCCN=[N+]=[N-])cc(C=O)c1. The molecular formula is C12H11N3O. The number of aryl methyl sites for hydroxylation is 1. The van der Waals surface area contributed by atoms with E-state index in [0.29, 0.717) is 18.5 Å². The summed E-state index contributed by atoms with van der Waals surface area (Å²) in [6, 6.07) is 5.45. The molecule has 4 heteroatoms. The number of hydrogen-bond acceptors (Lipinski definition) is 2. The van der Waals surface area contributed by atoms with Gasteiger partial charge >= 0.3 is 0 Å². The van der Waals surface area contributed by atoms with Gasteiger partial charge in [-0.05, 0) is 36.2 Å². The predicted molar refractivity (Wildman–Crippen MR) is 62.1 cm³/mol. The highest BCUT2D eigenvalue weighted by Crippen LogP contribution is 2.06. The molecule has 80 valence electrons. The van der Waals surface area contributed by atoms with E-state index in [1.54, 1.807) is 12.1 Å². The third-order valence-corrected chi connectivity index (χ3v) is 1.87. The van der Waals surface area contributed by atoms with Crippen molar-refractivity contribution >= 4 is 6.29 Å². The first-order valence-electron chi connectivity index (χ1n) is 4.83. The highest BCUT2D eigenvalue weighted by molar-refractivity contribution is 5.76. The molecule has 0 saturated carbocycles. The average molecular weight is 213 g/mol. The number of hydrogen-bond donors (Lipinski definition) is 0. The number of carbonyl (C=O) groups is 1. The first-order valence-corrected chi connectivity index (χ1v) is 4.83. The zero-order chi connectivity index (χ0) is 11.8. The summed E-state index contributed by atoms with van der Waals surface area (Å²) in [5.41, 5.74) is 10.5. The molecule has 0 aliphatic rings. The largest absolute Gasteiger partial charge is 0.298 e. The van der Waals surface area contributed by atoms with Crippen LogP contribution in [0.15, 0.2) is 23.3 Å². The first kappa shape index (κ1) is 11.8. The fraction of sp³-hybridized carbons (Fsp3) is 0.250. The Morgan fingerprint density at radius 3 is 3.00 bits per heavy atom. The van der Waals surface area contributed by atoms with Crippen molar-refractivity contribution in [2.45, 2.75) is 13.3 Å². The van der Waals surface area contributed by atoms with E-state index in [1.807, 2.05) is 13.0 Å². The minimum atomic E-state index is 0.371. The number of carbonyl (C=O) groups excluding carboxylic acids is 1. The summed E-state index contributed by atoms with van der Waals surface area (Å²) in [5, 5.41) is 3.38. The van der Waals surface area contributed by atoms with Crippen molar-refractivity contribution in [1.29, 1.82) is 0 Å². The monoisotopic (exact) mass is 213 g/mol. The van der Waals surface area contributed by atoms with Crippen LogP contribution in [0, 0.1) is 18.8 Å². The molecule has 0 saturated heterocycles.